The van der Waals surface area contributed by atoms with Crippen LogP contribution in [-0.2, 0) is 14.8 Å². The zero-order valence-corrected chi connectivity index (χ0v) is 18.0. The first-order valence-electron chi connectivity index (χ1n) is 9.82. The van der Waals surface area contributed by atoms with Gasteiger partial charge in [0.1, 0.15) is 17.8 Å². The Labute approximate surface area is 176 Å². The Bertz CT molecular complexity index is 1010. The minimum atomic E-state index is -3.80. The fourth-order valence-electron chi connectivity index (χ4n) is 3.66. The number of aryl methyl sites for hydroxylation is 1. The number of nitrogens with two attached hydrogens (primary N) is 1. The van der Waals surface area contributed by atoms with E-state index in [1.54, 1.807) is 20.1 Å². The van der Waals surface area contributed by atoms with Gasteiger partial charge in [-0.25, -0.2) is 23.5 Å². The largest absolute Gasteiger partial charge is 0.383 e. The highest BCUT2D eigenvalue weighted by Gasteiger charge is 2.24. The summed E-state index contributed by atoms with van der Waals surface area (Å²) in [6, 6.07) is 6.34. The molecule has 10 heteroatoms. The number of methoxy groups -OCH3 is 1. The topological polar surface area (TPSA) is 128 Å². The first-order valence-corrected chi connectivity index (χ1v) is 11.4. The number of carbonyl (C=O) groups is 1. The van der Waals surface area contributed by atoms with Crippen LogP contribution in [0.5, 0.6) is 0 Å². The number of anilines is 2. The van der Waals surface area contributed by atoms with Crippen molar-refractivity contribution >= 4 is 27.4 Å². The summed E-state index contributed by atoms with van der Waals surface area (Å²) in [5.41, 5.74) is 1.30. The van der Waals surface area contributed by atoms with Gasteiger partial charge in [0.2, 0.25) is 10.0 Å². The molecule has 1 fully saturated rings. The average Bonchev–Trinajstić information content (AvgIpc) is 3.24. The van der Waals surface area contributed by atoms with Crippen molar-refractivity contribution in [2.45, 2.75) is 43.5 Å². The number of nitrogens with one attached hydrogen (secondary N) is 1. The number of nitrogens with zero attached hydrogens (tertiary/aromatic N) is 3. The molecule has 0 aliphatic heterocycles. The molecule has 30 heavy (non-hydrogen) atoms. The molecule has 0 radical (unpaired) electrons. The van der Waals surface area contributed by atoms with E-state index in [0.29, 0.717) is 36.3 Å². The molecular weight excluding hydrogens is 406 g/mol. The summed E-state index contributed by atoms with van der Waals surface area (Å²) < 4.78 is 28.2. The van der Waals surface area contributed by atoms with Gasteiger partial charge in [-0.3, -0.25) is 4.79 Å². The number of rotatable bonds is 8. The second-order valence-corrected chi connectivity index (χ2v) is 8.92. The molecule has 1 aliphatic rings. The second kappa shape index (κ2) is 9.50. The molecule has 2 aromatic rings. The van der Waals surface area contributed by atoms with Crippen molar-refractivity contribution in [2.75, 3.05) is 30.5 Å². The van der Waals surface area contributed by atoms with Crippen molar-refractivity contribution < 1.29 is 17.9 Å². The second-order valence-electron chi connectivity index (χ2n) is 7.36. The lowest BCUT2D eigenvalue weighted by Gasteiger charge is -2.29. The van der Waals surface area contributed by atoms with E-state index in [4.69, 9.17) is 9.88 Å². The normalized spacial score (nSPS) is 14.6. The summed E-state index contributed by atoms with van der Waals surface area (Å²) in [6.45, 7) is 2.95. The van der Waals surface area contributed by atoms with Crippen LogP contribution >= 0.6 is 0 Å². The van der Waals surface area contributed by atoms with Gasteiger partial charge in [-0.05, 0) is 43.5 Å². The van der Waals surface area contributed by atoms with E-state index < -0.39 is 15.9 Å². The van der Waals surface area contributed by atoms with Gasteiger partial charge in [-0.15, -0.1) is 0 Å². The van der Waals surface area contributed by atoms with Crippen molar-refractivity contribution in [3.63, 3.8) is 0 Å². The number of hydrogen-bond donors (Lipinski definition) is 2. The molecule has 1 aliphatic carbocycles. The van der Waals surface area contributed by atoms with Crippen LogP contribution in [0.4, 0.5) is 11.5 Å². The number of benzene rings is 1. The Balaban J connectivity index is 1.80. The molecule has 1 saturated carbocycles. The average molecular weight is 434 g/mol. The number of sulfonamides is 1. The smallest absolute Gasteiger partial charge is 0.274 e. The van der Waals surface area contributed by atoms with Crippen molar-refractivity contribution in [1.82, 2.24) is 9.97 Å². The standard InChI is InChI=1S/C20H27N5O4S/c1-14-11-16(30(21,27)28)7-8-17(14)24-20(26)18-12-19(23-13-22-18)25(9-10-29-2)15-5-3-4-6-15/h7-8,11-13,15H,3-6,9-10H2,1-2H3,(H,24,26)(H2,21,27,28). The highest BCUT2D eigenvalue weighted by atomic mass is 32.2. The number of aromatic nitrogens is 2. The molecule has 162 valence electrons. The molecule has 0 saturated heterocycles. The summed E-state index contributed by atoms with van der Waals surface area (Å²) in [7, 11) is -2.14. The first-order chi connectivity index (χ1) is 14.3. The molecule has 9 nitrogen and oxygen atoms in total. The third kappa shape index (κ3) is 5.32. The predicted octanol–water partition coefficient (Wildman–Crippen LogP) is 2.08. The van der Waals surface area contributed by atoms with Gasteiger partial charge in [0.15, 0.2) is 0 Å². The third-order valence-electron chi connectivity index (χ3n) is 5.26. The zero-order chi connectivity index (χ0) is 21.7. The number of primary sulfonamides is 1. The van der Waals surface area contributed by atoms with Crippen molar-refractivity contribution in [2.24, 2.45) is 5.14 Å². The quantitative estimate of drug-likeness (QED) is 0.652. The van der Waals surface area contributed by atoms with Gasteiger partial charge in [-0.2, -0.15) is 0 Å². The summed E-state index contributed by atoms with van der Waals surface area (Å²) >= 11 is 0. The lowest BCUT2D eigenvalue weighted by molar-refractivity contribution is 0.102. The van der Waals surface area contributed by atoms with Gasteiger partial charge in [-0.1, -0.05) is 12.8 Å². The SMILES string of the molecule is COCCN(c1cc(C(=O)Nc2ccc(S(N)(=O)=O)cc2C)ncn1)C1CCCC1. The van der Waals surface area contributed by atoms with E-state index in [9.17, 15) is 13.2 Å². The predicted molar refractivity (Wildman–Crippen MR) is 114 cm³/mol. The minimum Gasteiger partial charge on any atom is -0.383 e. The molecule has 0 unspecified atom stereocenters. The number of hydrogen-bond acceptors (Lipinski definition) is 7. The molecule has 1 amide bonds. The molecule has 0 spiro atoms. The van der Waals surface area contributed by atoms with Crippen molar-refractivity contribution in [3.8, 4) is 0 Å². The van der Waals surface area contributed by atoms with Gasteiger partial charge < -0.3 is 15.0 Å². The maximum atomic E-state index is 12.8. The van der Waals surface area contributed by atoms with E-state index in [1.165, 1.54) is 37.4 Å². The van der Waals surface area contributed by atoms with Gasteiger partial charge in [0, 0.05) is 31.5 Å². The fourth-order valence-corrected chi connectivity index (χ4v) is 4.26. The maximum Gasteiger partial charge on any atom is 0.274 e. The highest BCUT2D eigenvalue weighted by Crippen LogP contribution is 2.27. The van der Waals surface area contributed by atoms with Crippen LogP contribution in [0.3, 0.4) is 0 Å². The molecule has 1 aromatic heterocycles. The van der Waals surface area contributed by atoms with Crippen LogP contribution in [0.25, 0.3) is 0 Å². The highest BCUT2D eigenvalue weighted by molar-refractivity contribution is 7.89. The van der Waals surface area contributed by atoms with E-state index in [0.717, 1.165) is 12.8 Å². The fraction of sp³-hybridized carbons (Fsp3) is 0.450. The number of carbonyl (C=O) groups excluding carboxylic acids is 1. The molecule has 0 bridgehead atoms. The summed E-state index contributed by atoms with van der Waals surface area (Å²) in [5.74, 6) is 0.295. The summed E-state index contributed by atoms with van der Waals surface area (Å²) in [6.07, 6.45) is 5.92. The third-order valence-corrected chi connectivity index (χ3v) is 6.17. The van der Waals surface area contributed by atoms with Crippen molar-refractivity contribution in [1.29, 1.82) is 0 Å². The number of amides is 1. The van der Waals surface area contributed by atoms with E-state index in [2.05, 4.69) is 20.2 Å². The molecule has 1 aromatic carbocycles. The Hall–Kier alpha value is -2.56. The zero-order valence-electron chi connectivity index (χ0n) is 17.2. The summed E-state index contributed by atoms with van der Waals surface area (Å²) in [5, 5.41) is 7.93. The summed E-state index contributed by atoms with van der Waals surface area (Å²) in [4.78, 5) is 23.4. The molecule has 3 rings (SSSR count). The van der Waals surface area contributed by atoms with Crippen LogP contribution in [0.2, 0.25) is 0 Å². The minimum absolute atomic E-state index is 0.00679. The molecule has 1 heterocycles. The van der Waals surface area contributed by atoms with Gasteiger partial charge >= 0.3 is 0 Å². The Morgan fingerprint density at radius 1 is 1.27 bits per heavy atom. The van der Waals surface area contributed by atoms with Crippen LogP contribution in [0.1, 0.15) is 41.7 Å². The van der Waals surface area contributed by atoms with E-state index in [-0.39, 0.29) is 10.6 Å². The molecule has 0 atom stereocenters. The Morgan fingerprint density at radius 3 is 2.63 bits per heavy atom. The van der Waals surface area contributed by atoms with E-state index in [1.807, 2.05) is 0 Å². The maximum absolute atomic E-state index is 12.8. The van der Waals surface area contributed by atoms with Crippen LogP contribution in [0.15, 0.2) is 35.5 Å². The number of ether oxygens (including phenoxy) is 1. The first kappa shape index (κ1) is 22.1. The lowest BCUT2D eigenvalue weighted by atomic mass is 10.2. The van der Waals surface area contributed by atoms with Crippen LogP contribution < -0.4 is 15.4 Å². The van der Waals surface area contributed by atoms with Gasteiger partial charge in [0.25, 0.3) is 5.91 Å². The van der Waals surface area contributed by atoms with Crippen molar-refractivity contribution in [3.05, 3.63) is 41.9 Å². The Morgan fingerprint density at radius 2 is 2.00 bits per heavy atom. The molecular formula is C20H27N5O4S. The van der Waals surface area contributed by atoms with Crippen LogP contribution in [-0.4, -0.2) is 50.6 Å². The Kier molecular flexibility index (Phi) is 7.01. The lowest BCUT2D eigenvalue weighted by Crippen LogP contribution is -2.37. The monoisotopic (exact) mass is 433 g/mol. The van der Waals surface area contributed by atoms with E-state index >= 15 is 0 Å². The van der Waals surface area contributed by atoms with Crippen LogP contribution in [0, 0.1) is 6.92 Å². The molecule has 3 N–H and O–H groups in total. The van der Waals surface area contributed by atoms with Gasteiger partial charge in [0.05, 0.1) is 11.5 Å².